The number of carbonyl (C=O) groups excluding carboxylic acids is 1. The Balaban J connectivity index is 2.23. The highest BCUT2D eigenvalue weighted by atomic mass is 16.2. The van der Waals surface area contributed by atoms with Crippen LogP contribution in [0, 0.1) is 0 Å². The van der Waals surface area contributed by atoms with Gasteiger partial charge in [0.05, 0.1) is 6.20 Å². The highest BCUT2D eigenvalue weighted by Crippen LogP contribution is 2.25. The Labute approximate surface area is 95.0 Å². The van der Waals surface area contributed by atoms with E-state index in [0.29, 0.717) is 11.4 Å². The third-order valence-electron chi connectivity index (χ3n) is 3.33. The average molecular weight is 222 g/mol. The maximum Gasteiger partial charge on any atom is 0.259 e. The fourth-order valence-corrected chi connectivity index (χ4v) is 2.43. The van der Waals surface area contributed by atoms with Crippen LogP contribution < -0.4 is 5.73 Å². The van der Waals surface area contributed by atoms with Crippen molar-refractivity contribution in [3.63, 3.8) is 0 Å². The summed E-state index contributed by atoms with van der Waals surface area (Å²) >= 11 is 0. The predicted octanol–water partition coefficient (Wildman–Crippen LogP) is 1.39. The molecular weight excluding hydrogens is 204 g/mol. The van der Waals surface area contributed by atoms with E-state index < -0.39 is 0 Å². The number of nitrogens with one attached hydrogen (secondary N) is 1. The molecule has 16 heavy (non-hydrogen) atoms. The molecule has 3 N–H and O–H groups in total. The monoisotopic (exact) mass is 222 g/mol. The Bertz CT molecular complexity index is 377. The molecule has 1 aliphatic rings. The number of H-pyrrole nitrogens is 1. The maximum atomic E-state index is 12.3. The van der Waals surface area contributed by atoms with Crippen molar-refractivity contribution in [2.45, 2.75) is 45.2 Å². The highest BCUT2D eigenvalue weighted by molar-refractivity contribution is 5.98. The van der Waals surface area contributed by atoms with Crippen molar-refractivity contribution in [2.75, 3.05) is 5.73 Å². The molecule has 1 fully saturated rings. The quantitative estimate of drug-likeness (QED) is 0.754. The molecule has 1 aliphatic heterocycles. The van der Waals surface area contributed by atoms with Gasteiger partial charge >= 0.3 is 0 Å². The van der Waals surface area contributed by atoms with Gasteiger partial charge in [0.25, 0.3) is 5.91 Å². The summed E-state index contributed by atoms with van der Waals surface area (Å²) in [5, 5.41) is 6.39. The molecule has 2 heterocycles. The zero-order chi connectivity index (χ0) is 11.7. The van der Waals surface area contributed by atoms with Gasteiger partial charge in [-0.15, -0.1) is 0 Å². The third kappa shape index (κ3) is 1.77. The predicted molar refractivity (Wildman–Crippen MR) is 61.9 cm³/mol. The third-order valence-corrected chi connectivity index (χ3v) is 3.33. The highest BCUT2D eigenvalue weighted by Gasteiger charge is 2.30. The van der Waals surface area contributed by atoms with Gasteiger partial charge in [0.2, 0.25) is 0 Å². The number of aromatic nitrogens is 2. The van der Waals surface area contributed by atoms with E-state index in [0.717, 1.165) is 12.8 Å². The summed E-state index contributed by atoms with van der Waals surface area (Å²) in [5.74, 6) is 0.348. The Morgan fingerprint density at radius 2 is 2.12 bits per heavy atom. The van der Waals surface area contributed by atoms with Gasteiger partial charge < -0.3 is 10.6 Å². The molecule has 2 atom stereocenters. The van der Waals surface area contributed by atoms with E-state index in [2.05, 4.69) is 24.0 Å². The molecule has 5 nitrogen and oxygen atoms in total. The minimum Gasteiger partial charge on any atom is -0.383 e. The summed E-state index contributed by atoms with van der Waals surface area (Å²) in [6, 6.07) is 0.566. The number of carbonyl (C=O) groups is 1. The van der Waals surface area contributed by atoms with Gasteiger partial charge in [0, 0.05) is 12.1 Å². The van der Waals surface area contributed by atoms with E-state index in [9.17, 15) is 4.79 Å². The minimum atomic E-state index is -0.00838. The van der Waals surface area contributed by atoms with E-state index in [4.69, 9.17) is 5.73 Å². The molecule has 0 saturated carbocycles. The number of nitrogens with zero attached hydrogens (tertiary/aromatic N) is 2. The van der Waals surface area contributed by atoms with Gasteiger partial charge in [-0.25, -0.2) is 0 Å². The fourth-order valence-electron chi connectivity index (χ4n) is 2.43. The first-order valence-corrected chi connectivity index (χ1v) is 5.72. The summed E-state index contributed by atoms with van der Waals surface area (Å²) in [6.07, 6.45) is 4.82. The molecule has 1 amide bonds. The lowest BCUT2D eigenvalue weighted by atomic mass is 9.97. The van der Waals surface area contributed by atoms with Gasteiger partial charge in [-0.1, -0.05) is 0 Å². The summed E-state index contributed by atoms with van der Waals surface area (Å²) in [7, 11) is 0. The van der Waals surface area contributed by atoms with Crippen molar-refractivity contribution in [3.8, 4) is 0 Å². The second-order valence-electron chi connectivity index (χ2n) is 4.54. The van der Waals surface area contributed by atoms with Crippen molar-refractivity contribution >= 4 is 11.7 Å². The zero-order valence-corrected chi connectivity index (χ0v) is 9.73. The summed E-state index contributed by atoms with van der Waals surface area (Å²) in [5.41, 5.74) is 6.16. The van der Waals surface area contributed by atoms with E-state index in [1.165, 1.54) is 12.6 Å². The van der Waals surface area contributed by atoms with Gasteiger partial charge in [-0.2, -0.15) is 5.10 Å². The standard InChI is InChI=1S/C11H18N4O/c1-7-4-3-5-8(2)15(7)11(16)9-6-13-14-10(9)12/h6-8H,3-5H2,1-2H3,(H3,12,13,14)/t7-,8+. The van der Waals surface area contributed by atoms with Crippen molar-refractivity contribution < 1.29 is 4.79 Å². The van der Waals surface area contributed by atoms with Crippen LogP contribution in [0.3, 0.4) is 0 Å². The van der Waals surface area contributed by atoms with Crippen LogP contribution in [-0.2, 0) is 0 Å². The van der Waals surface area contributed by atoms with Gasteiger partial charge in [0.15, 0.2) is 0 Å². The minimum absolute atomic E-state index is 0.00838. The van der Waals surface area contributed by atoms with Gasteiger partial charge in [-0.05, 0) is 33.1 Å². The Hall–Kier alpha value is -1.52. The molecule has 5 heteroatoms. The van der Waals surface area contributed by atoms with Crippen LogP contribution in [0.15, 0.2) is 6.20 Å². The van der Waals surface area contributed by atoms with Crippen molar-refractivity contribution in [2.24, 2.45) is 0 Å². The molecule has 1 aromatic rings. The molecule has 0 aliphatic carbocycles. The largest absolute Gasteiger partial charge is 0.383 e. The zero-order valence-electron chi connectivity index (χ0n) is 9.73. The number of nitrogen functional groups attached to an aromatic ring is 1. The number of nitrogens with two attached hydrogens (primary N) is 1. The fraction of sp³-hybridized carbons (Fsp3) is 0.636. The summed E-state index contributed by atoms with van der Waals surface area (Å²) in [4.78, 5) is 14.2. The average Bonchev–Trinajstić information content (AvgIpc) is 2.64. The van der Waals surface area contributed by atoms with Crippen molar-refractivity contribution in [1.82, 2.24) is 15.1 Å². The first-order valence-electron chi connectivity index (χ1n) is 5.72. The molecule has 0 unspecified atom stereocenters. The lowest BCUT2D eigenvalue weighted by molar-refractivity contribution is 0.0512. The lowest BCUT2D eigenvalue weighted by Gasteiger charge is -2.38. The number of amides is 1. The number of hydrogen-bond acceptors (Lipinski definition) is 3. The maximum absolute atomic E-state index is 12.3. The van der Waals surface area contributed by atoms with Gasteiger partial charge in [-0.3, -0.25) is 9.89 Å². The SMILES string of the molecule is C[C@@H]1CCC[C@H](C)N1C(=O)c1cn[nH]c1N. The number of likely N-dealkylation sites (tertiary alicyclic amines) is 1. The van der Waals surface area contributed by atoms with E-state index in [-0.39, 0.29) is 18.0 Å². The second kappa shape index (κ2) is 4.15. The molecule has 0 spiro atoms. The number of aromatic amines is 1. The molecular formula is C11H18N4O. The Kier molecular flexibility index (Phi) is 2.85. The van der Waals surface area contributed by atoms with Crippen LogP contribution >= 0.6 is 0 Å². The molecule has 88 valence electrons. The topological polar surface area (TPSA) is 75.0 Å². The second-order valence-corrected chi connectivity index (χ2v) is 4.54. The molecule has 1 saturated heterocycles. The van der Waals surface area contributed by atoms with Crippen LogP contribution in [-0.4, -0.2) is 33.1 Å². The van der Waals surface area contributed by atoms with Crippen molar-refractivity contribution in [1.29, 1.82) is 0 Å². The van der Waals surface area contributed by atoms with E-state index in [1.807, 2.05) is 4.90 Å². The van der Waals surface area contributed by atoms with Crippen LogP contribution in [0.2, 0.25) is 0 Å². The van der Waals surface area contributed by atoms with E-state index >= 15 is 0 Å². The molecule has 0 bridgehead atoms. The smallest absolute Gasteiger partial charge is 0.259 e. The Morgan fingerprint density at radius 3 is 2.62 bits per heavy atom. The van der Waals surface area contributed by atoms with Crippen LogP contribution in [0.5, 0.6) is 0 Å². The van der Waals surface area contributed by atoms with E-state index in [1.54, 1.807) is 0 Å². The summed E-state index contributed by atoms with van der Waals surface area (Å²) in [6.45, 7) is 4.17. The summed E-state index contributed by atoms with van der Waals surface area (Å²) < 4.78 is 0. The van der Waals surface area contributed by atoms with Crippen LogP contribution in [0.25, 0.3) is 0 Å². The lowest BCUT2D eigenvalue weighted by Crippen LogP contribution is -2.47. The molecule has 0 aromatic carbocycles. The van der Waals surface area contributed by atoms with Crippen molar-refractivity contribution in [3.05, 3.63) is 11.8 Å². The normalized spacial score (nSPS) is 25.8. The Morgan fingerprint density at radius 1 is 1.50 bits per heavy atom. The van der Waals surface area contributed by atoms with Crippen LogP contribution in [0.4, 0.5) is 5.82 Å². The number of rotatable bonds is 1. The molecule has 2 rings (SSSR count). The van der Waals surface area contributed by atoms with Crippen LogP contribution in [0.1, 0.15) is 43.5 Å². The van der Waals surface area contributed by atoms with Gasteiger partial charge in [0.1, 0.15) is 11.4 Å². The number of piperidine rings is 1. The molecule has 0 radical (unpaired) electrons. The molecule has 1 aromatic heterocycles. The number of anilines is 1. The first kappa shape index (κ1) is 11.0. The first-order chi connectivity index (χ1) is 7.61. The number of hydrogen-bond donors (Lipinski definition) is 2.